The molecule has 0 radical (unpaired) electrons. The number of nitrogens with two attached hydrogens (primary N) is 1. The molecule has 0 atom stereocenters. The van der Waals surface area contributed by atoms with Crippen molar-refractivity contribution in [2.75, 3.05) is 11.9 Å². The normalized spacial score (nSPS) is 10.0. The van der Waals surface area contributed by atoms with Gasteiger partial charge in [0.25, 0.3) is 5.91 Å². The number of nitrogens with zero attached hydrogens (tertiary/aromatic N) is 3. The first kappa shape index (κ1) is 15.2. The van der Waals surface area contributed by atoms with Gasteiger partial charge in [0.2, 0.25) is 0 Å². The summed E-state index contributed by atoms with van der Waals surface area (Å²) in [6.45, 7) is 4.91. The zero-order valence-electron chi connectivity index (χ0n) is 12.0. The molecule has 2 aromatic heterocycles. The third-order valence-corrected chi connectivity index (χ3v) is 3.59. The molecule has 0 fully saturated rings. The van der Waals surface area contributed by atoms with E-state index in [1.807, 2.05) is 19.9 Å². The van der Waals surface area contributed by atoms with E-state index < -0.39 is 0 Å². The predicted octanol–water partition coefficient (Wildman–Crippen LogP) is 1.48. The maximum Gasteiger partial charge on any atom is 0.275 e. The number of amides is 1. The summed E-state index contributed by atoms with van der Waals surface area (Å²) < 4.78 is 1.69. The number of aryl methyl sites for hydroxylation is 2. The summed E-state index contributed by atoms with van der Waals surface area (Å²) in [6.07, 6.45) is 2.42. The van der Waals surface area contributed by atoms with Crippen molar-refractivity contribution in [2.24, 2.45) is 5.73 Å². The predicted molar refractivity (Wildman–Crippen MR) is 83.3 cm³/mol. The lowest BCUT2D eigenvalue weighted by atomic mass is 10.3. The molecule has 2 aromatic rings. The van der Waals surface area contributed by atoms with Crippen LogP contribution < -0.4 is 11.1 Å². The van der Waals surface area contributed by atoms with Crippen LogP contribution >= 0.6 is 11.3 Å². The van der Waals surface area contributed by atoms with E-state index in [0.717, 1.165) is 17.0 Å². The standard InChI is InChI=1S/C14H17N5OS/c1-3-10-8-12(19(4-2)18-10)13(20)17-14-16-9-11(21-14)6-5-7-15/h8-9H,3-4,7,15H2,1-2H3,(H,16,17,20). The van der Waals surface area contributed by atoms with Crippen molar-refractivity contribution in [1.82, 2.24) is 14.8 Å². The van der Waals surface area contributed by atoms with E-state index in [2.05, 4.69) is 27.2 Å². The molecule has 6 nitrogen and oxygen atoms in total. The Balaban J connectivity index is 2.14. The Bertz CT molecular complexity index is 692. The van der Waals surface area contributed by atoms with Crippen molar-refractivity contribution in [3.63, 3.8) is 0 Å². The molecule has 0 aliphatic rings. The van der Waals surface area contributed by atoms with Gasteiger partial charge in [-0.3, -0.25) is 14.8 Å². The summed E-state index contributed by atoms with van der Waals surface area (Å²) in [6, 6.07) is 1.81. The Morgan fingerprint density at radius 2 is 2.33 bits per heavy atom. The molecule has 0 spiro atoms. The number of hydrogen-bond acceptors (Lipinski definition) is 5. The summed E-state index contributed by atoms with van der Waals surface area (Å²) in [7, 11) is 0. The monoisotopic (exact) mass is 303 g/mol. The largest absolute Gasteiger partial charge is 0.320 e. The minimum absolute atomic E-state index is 0.211. The molecule has 0 unspecified atom stereocenters. The van der Waals surface area contributed by atoms with Crippen molar-refractivity contribution >= 4 is 22.4 Å². The van der Waals surface area contributed by atoms with Gasteiger partial charge in [-0.1, -0.05) is 30.1 Å². The van der Waals surface area contributed by atoms with Gasteiger partial charge in [-0.15, -0.1) is 0 Å². The van der Waals surface area contributed by atoms with Crippen LogP contribution in [-0.2, 0) is 13.0 Å². The van der Waals surface area contributed by atoms with E-state index in [4.69, 9.17) is 5.73 Å². The van der Waals surface area contributed by atoms with Gasteiger partial charge in [-0.05, 0) is 19.4 Å². The first-order chi connectivity index (χ1) is 10.2. The van der Waals surface area contributed by atoms with Crippen molar-refractivity contribution in [3.8, 4) is 11.8 Å². The number of anilines is 1. The number of thiazole rings is 1. The first-order valence-electron chi connectivity index (χ1n) is 6.70. The first-order valence-corrected chi connectivity index (χ1v) is 7.52. The number of rotatable bonds is 4. The third kappa shape index (κ3) is 3.68. The summed E-state index contributed by atoms with van der Waals surface area (Å²) in [4.78, 5) is 17.2. The van der Waals surface area contributed by atoms with Gasteiger partial charge in [-0.2, -0.15) is 5.10 Å². The smallest absolute Gasteiger partial charge is 0.275 e. The van der Waals surface area contributed by atoms with E-state index in [1.54, 1.807) is 10.9 Å². The number of carbonyl (C=O) groups excluding carboxylic acids is 1. The van der Waals surface area contributed by atoms with Crippen molar-refractivity contribution in [2.45, 2.75) is 26.8 Å². The summed E-state index contributed by atoms with van der Waals surface area (Å²) >= 11 is 1.32. The molecule has 0 bridgehead atoms. The van der Waals surface area contributed by atoms with E-state index in [9.17, 15) is 4.79 Å². The summed E-state index contributed by atoms with van der Waals surface area (Å²) in [5.41, 5.74) is 6.76. The van der Waals surface area contributed by atoms with Gasteiger partial charge >= 0.3 is 0 Å². The molecular weight excluding hydrogens is 286 g/mol. The molecule has 0 aliphatic heterocycles. The Morgan fingerprint density at radius 3 is 3.00 bits per heavy atom. The fraction of sp³-hybridized carbons (Fsp3) is 0.357. The highest BCUT2D eigenvalue weighted by atomic mass is 32.1. The second kappa shape index (κ2) is 7.02. The van der Waals surface area contributed by atoms with Crippen LogP contribution in [0.5, 0.6) is 0 Å². The van der Waals surface area contributed by atoms with Crippen LogP contribution in [-0.4, -0.2) is 27.2 Å². The molecule has 21 heavy (non-hydrogen) atoms. The highest BCUT2D eigenvalue weighted by Crippen LogP contribution is 2.18. The molecular formula is C14H17N5OS. The molecule has 0 aromatic carbocycles. The van der Waals surface area contributed by atoms with Crippen LogP contribution in [0.1, 0.15) is 34.9 Å². The lowest BCUT2D eigenvalue weighted by Crippen LogP contribution is -2.17. The van der Waals surface area contributed by atoms with Crippen LogP contribution in [0.2, 0.25) is 0 Å². The molecule has 2 rings (SSSR count). The Hall–Kier alpha value is -2.17. The van der Waals surface area contributed by atoms with E-state index in [-0.39, 0.29) is 5.91 Å². The molecule has 2 heterocycles. The molecule has 110 valence electrons. The van der Waals surface area contributed by atoms with Crippen LogP contribution in [0.3, 0.4) is 0 Å². The Morgan fingerprint density at radius 1 is 1.52 bits per heavy atom. The van der Waals surface area contributed by atoms with Crippen LogP contribution in [0, 0.1) is 11.8 Å². The Kier molecular flexibility index (Phi) is 5.09. The van der Waals surface area contributed by atoms with Crippen molar-refractivity contribution in [1.29, 1.82) is 0 Å². The average Bonchev–Trinajstić information content (AvgIpc) is 3.11. The fourth-order valence-electron chi connectivity index (χ4n) is 1.76. The minimum Gasteiger partial charge on any atom is -0.320 e. The average molecular weight is 303 g/mol. The topological polar surface area (TPSA) is 85.8 Å². The molecule has 7 heteroatoms. The summed E-state index contributed by atoms with van der Waals surface area (Å²) in [5.74, 6) is 5.43. The minimum atomic E-state index is -0.211. The van der Waals surface area contributed by atoms with Gasteiger partial charge in [-0.25, -0.2) is 4.98 Å². The lowest BCUT2D eigenvalue weighted by molar-refractivity contribution is 0.101. The molecule has 0 saturated heterocycles. The zero-order valence-corrected chi connectivity index (χ0v) is 12.8. The van der Waals surface area contributed by atoms with Gasteiger partial charge < -0.3 is 5.73 Å². The van der Waals surface area contributed by atoms with Crippen molar-refractivity contribution in [3.05, 3.63) is 28.5 Å². The number of carbonyl (C=O) groups is 1. The molecule has 0 saturated carbocycles. The van der Waals surface area contributed by atoms with E-state index in [1.165, 1.54) is 11.3 Å². The zero-order chi connectivity index (χ0) is 15.2. The van der Waals surface area contributed by atoms with Crippen LogP contribution in [0.25, 0.3) is 0 Å². The maximum atomic E-state index is 12.3. The second-order valence-corrected chi connectivity index (χ2v) is 5.21. The fourth-order valence-corrected chi connectivity index (χ4v) is 2.44. The molecule has 3 N–H and O–H groups in total. The number of aromatic nitrogens is 3. The highest BCUT2D eigenvalue weighted by Gasteiger charge is 2.15. The van der Waals surface area contributed by atoms with Gasteiger partial charge in [0.15, 0.2) is 5.13 Å². The maximum absolute atomic E-state index is 12.3. The molecule has 0 aliphatic carbocycles. The SMILES string of the molecule is CCc1cc(C(=O)Nc2ncc(C#CCN)s2)n(CC)n1. The second-order valence-electron chi connectivity index (χ2n) is 4.18. The third-order valence-electron chi connectivity index (χ3n) is 2.76. The van der Waals surface area contributed by atoms with E-state index in [0.29, 0.717) is 23.9 Å². The number of hydrogen-bond donors (Lipinski definition) is 2. The highest BCUT2D eigenvalue weighted by molar-refractivity contribution is 7.16. The van der Waals surface area contributed by atoms with Crippen LogP contribution in [0.4, 0.5) is 5.13 Å². The molecule has 1 amide bonds. The van der Waals surface area contributed by atoms with Crippen molar-refractivity contribution < 1.29 is 4.79 Å². The summed E-state index contributed by atoms with van der Waals surface area (Å²) in [5, 5.41) is 7.65. The van der Waals surface area contributed by atoms with Gasteiger partial charge in [0, 0.05) is 6.54 Å². The Labute approximate surface area is 127 Å². The van der Waals surface area contributed by atoms with Gasteiger partial charge in [0.05, 0.1) is 23.3 Å². The lowest BCUT2D eigenvalue weighted by Gasteiger charge is -2.03. The quantitative estimate of drug-likeness (QED) is 0.838. The van der Waals surface area contributed by atoms with Gasteiger partial charge in [0.1, 0.15) is 5.69 Å². The van der Waals surface area contributed by atoms with Crippen LogP contribution in [0.15, 0.2) is 12.3 Å². The van der Waals surface area contributed by atoms with E-state index >= 15 is 0 Å². The number of nitrogens with one attached hydrogen (secondary N) is 1.